The van der Waals surface area contributed by atoms with E-state index in [0.717, 1.165) is 23.4 Å². The predicted octanol–water partition coefficient (Wildman–Crippen LogP) is 2.22. The van der Waals surface area contributed by atoms with E-state index in [0.29, 0.717) is 23.2 Å². The van der Waals surface area contributed by atoms with Crippen LogP contribution in [0.4, 0.5) is 11.8 Å². The second kappa shape index (κ2) is 8.26. The first-order valence-electron chi connectivity index (χ1n) is 8.22. The van der Waals surface area contributed by atoms with Gasteiger partial charge < -0.3 is 10.6 Å². The lowest BCUT2D eigenvalue weighted by Crippen LogP contribution is -2.29. The quantitative estimate of drug-likeness (QED) is 0.623. The number of rotatable bonds is 8. The minimum absolute atomic E-state index is 0.259. The van der Waals surface area contributed by atoms with E-state index in [9.17, 15) is 8.42 Å². The molecule has 0 aliphatic rings. The van der Waals surface area contributed by atoms with Crippen LogP contribution in [0.1, 0.15) is 23.7 Å². The maximum atomic E-state index is 12.4. The van der Waals surface area contributed by atoms with Crippen LogP contribution in [0.25, 0.3) is 0 Å². The van der Waals surface area contributed by atoms with Crippen LogP contribution in [-0.2, 0) is 10.0 Å². The lowest BCUT2D eigenvalue weighted by atomic mass is 10.2. The van der Waals surface area contributed by atoms with Crippen LogP contribution in [0.2, 0.25) is 0 Å². The number of nitrogens with zero attached hydrogens (tertiary/aromatic N) is 2. The summed E-state index contributed by atoms with van der Waals surface area (Å²) in [4.78, 5) is 8.91. The summed E-state index contributed by atoms with van der Waals surface area (Å²) in [6.07, 6.45) is 0. The molecule has 2 aromatic rings. The third kappa shape index (κ3) is 5.40. The summed E-state index contributed by atoms with van der Waals surface area (Å²) in [5, 5.41) is 6.18. The standard InChI is InChI=1S/C17H25N5O2S/c1-5-18-17-21-14(4)11-16(22-17)19-8-9-20-25(23,24)15-7-6-12(2)10-13(15)3/h6-7,10-11,20H,5,8-9H2,1-4H3,(H2,18,19,21,22). The average Bonchev–Trinajstić information content (AvgIpc) is 2.51. The van der Waals surface area contributed by atoms with Crippen molar-refractivity contribution in [3.05, 3.63) is 41.1 Å². The Morgan fingerprint density at radius 2 is 1.76 bits per heavy atom. The molecule has 0 aliphatic heterocycles. The van der Waals surface area contributed by atoms with E-state index in [2.05, 4.69) is 25.3 Å². The zero-order valence-electron chi connectivity index (χ0n) is 15.0. The van der Waals surface area contributed by atoms with Gasteiger partial charge in [-0.25, -0.2) is 18.1 Å². The molecule has 0 aliphatic carbocycles. The van der Waals surface area contributed by atoms with Crippen molar-refractivity contribution in [2.24, 2.45) is 0 Å². The first kappa shape index (κ1) is 19.1. The van der Waals surface area contributed by atoms with E-state index in [4.69, 9.17) is 0 Å². The van der Waals surface area contributed by atoms with Gasteiger partial charge in [0.05, 0.1) is 4.90 Å². The van der Waals surface area contributed by atoms with E-state index < -0.39 is 10.0 Å². The predicted molar refractivity (Wildman–Crippen MR) is 101 cm³/mol. The zero-order valence-corrected chi connectivity index (χ0v) is 15.9. The SMILES string of the molecule is CCNc1nc(C)cc(NCCNS(=O)(=O)c2ccc(C)cc2C)n1. The molecule has 1 heterocycles. The van der Waals surface area contributed by atoms with E-state index in [1.807, 2.05) is 32.9 Å². The Morgan fingerprint density at radius 1 is 1.00 bits per heavy atom. The van der Waals surface area contributed by atoms with Crippen LogP contribution in [0.5, 0.6) is 0 Å². The van der Waals surface area contributed by atoms with E-state index in [1.165, 1.54) is 0 Å². The summed E-state index contributed by atoms with van der Waals surface area (Å²) in [7, 11) is -3.52. The Hall–Kier alpha value is -2.19. The third-order valence-electron chi connectivity index (χ3n) is 3.53. The van der Waals surface area contributed by atoms with Gasteiger partial charge in [-0.05, 0) is 39.3 Å². The number of benzene rings is 1. The molecule has 1 aromatic carbocycles. The first-order valence-corrected chi connectivity index (χ1v) is 9.70. The summed E-state index contributed by atoms with van der Waals surface area (Å²) >= 11 is 0. The van der Waals surface area contributed by atoms with E-state index in [-0.39, 0.29) is 6.54 Å². The number of aryl methyl sites for hydroxylation is 3. The fraction of sp³-hybridized carbons (Fsp3) is 0.412. The molecule has 0 bridgehead atoms. The van der Waals surface area contributed by atoms with Crippen molar-refractivity contribution < 1.29 is 8.42 Å². The summed E-state index contributed by atoms with van der Waals surface area (Å²) < 4.78 is 27.4. The van der Waals surface area contributed by atoms with Crippen LogP contribution in [0.3, 0.4) is 0 Å². The Morgan fingerprint density at radius 3 is 2.44 bits per heavy atom. The summed E-state index contributed by atoms with van der Waals surface area (Å²) in [6, 6.07) is 7.11. The lowest BCUT2D eigenvalue weighted by Gasteiger charge is -2.11. The van der Waals surface area contributed by atoms with Crippen molar-refractivity contribution >= 4 is 21.8 Å². The molecule has 0 radical (unpaired) electrons. The molecule has 136 valence electrons. The molecule has 8 heteroatoms. The number of hydrogen-bond donors (Lipinski definition) is 3. The van der Waals surface area contributed by atoms with Gasteiger partial charge in [-0.15, -0.1) is 0 Å². The highest BCUT2D eigenvalue weighted by atomic mass is 32.2. The zero-order chi connectivity index (χ0) is 18.4. The maximum Gasteiger partial charge on any atom is 0.240 e. The molecule has 1 aromatic heterocycles. The summed E-state index contributed by atoms with van der Waals surface area (Å²) in [6.45, 7) is 9.01. The highest BCUT2D eigenvalue weighted by Gasteiger charge is 2.15. The number of nitrogens with one attached hydrogen (secondary N) is 3. The van der Waals surface area contributed by atoms with Gasteiger partial charge in [0.2, 0.25) is 16.0 Å². The highest BCUT2D eigenvalue weighted by molar-refractivity contribution is 7.89. The normalized spacial score (nSPS) is 11.4. The van der Waals surface area contributed by atoms with Crippen molar-refractivity contribution in [1.82, 2.24) is 14.7 Å². The van der Waals surface area contributed by atoms with Crippen molar-refractivity contribution in [3.63, 3.8) is 0 Å². The highest BCUT2D eigenvalue weighted by Crippen LogP contribution is 2.16. The van der Waals surface area contributed by atoms with Gasteiger partial charge in [-0.3, -0.25) is 0 Å². The fourth-order valence-electron chi connectivity index (χ4n) is 2.45. The number of hydrogen-bond acceptors (Lipinski definition) is 6. The van der Waals surface area contributed by atoms with E-state index >= 15 is 0 Å². The number of anilines is 2. The van der Waals surface area contributed by atoms with Gasteiger partial charge in [0.1, 0.15) is 5.82 Å². The minimum atomic E-state index is -3.52. The molecule has 25 heavy (non-hydrogen) atoms. The van der Waals surface area contributed by atoms with Gasteiger partial charge >= 0.3 is 0 Å². The Bertz CT molecular complexity index is 837. The maximum absolute atomic E-state index is 12.4. The van der Waals surface area contributed by atoms with Gasteiger partial charge in [-0.1, -0.05) is 17.7 Å². The summed E-state index contributed by atoms with van der Waals surface area (Å²) in [5.74, 6) is 1.22. The number of sulfonamides is 1. The van der Waals surface area contributed by atoms with Crippen molar-refractivity contribution in [2.75, 3.05) is 30.3 Å². The van der Waals surface area contributed by atoms with Gasteiger partial charge in [0.25, 0.3) is 0 Å². The smallest absolute Gasteiger partial charge is 0.240 e. The Labute approximate surface area is 149 Å². The van der Waals surface area contributed by atoms with Gasteiger partial charge in [-0.2, -0.15) is 4.98 Å². The molecule has 0 atom stereocenters. The topological polar surface area (TPSA) is 96.0 Å². The fourth-order valence-corrected chi connectivity index (χ4v) is 3.71. The third-order valence-corrected chi connectivity index (χ3v) is 5.15. The Balaban J connectivity index is 1.94. The van der Waals surface area contributed by atoms with Crippen LogP contribution < -0.4 is 15.4 Å². The number of aromatic nitrogens is 2. The molecule has 0 amide bonds. The molecular formula is C17H25N5O2S. The molecule has 7 nitrogen and oxygen atoms in total. The molecule has 0 spiro atoms. The molecule has 3 N–H and O–H groups in total. The molecule has 0 fully saturated rings. The lowest BCUT2D eigenvalue weighted by molar-refractivity contribution is 0.582. The van der Waals surface area contributed by atoms with Crippen LogP contribution >= 0.6 is 0 Å². The van der Waals surface area contributed by atoms with Crippen molar-refractivity contribution in [2.45, 2.75) is 32.6 Å². The first-order chi connectivity index (χ1) is 11.8. The van der Waals surface area contributed by atoms with Crippen LogP contribution in [0.15, 0.2) is 29.2 Å². The largest absolute Gasteiger partial charge is 0.369 e. The van der Waals surface area contributed by atoms with Crippen molar-refractivity contribution in [1.29, 1.82) is 0 Å². The monoisotopic (exact) mass is 363 g/mol. The molecule has 0 saturated heterocycles. The molecular weight excluding hydrogens is 338 g/mol. The minimum Gasteiger partial charge on any atom is -0.369 e. The van der Waals surface area contributed by atoms with Gasteiger partial charge in [0, 0.05) is 31.4 Å². The second-order valence-corrected chi connectivity index (χ2v) is 7.58. The van der Waals surface area contributed by atoms with Crippen LogP contribution in [0, 0.1) is 20.8 Å². The van der Waals surface area contributed by atoms with Crippen LogP contribution in [-0.4, -0.2) is 38.0 Å². The van der Waals surface area contributed by atoms with E-state index in [1.54, 1.807) is 19.1 Å². The van der Waals surface area contributed by atoms with Gasteiger partial charge in [0.15, 0.2) is 0 Å². The molecule has 0 saturated carbocycles. The molecule has 0 unspecified atom stereocenters. The molecule has 2 rings (SSSR count). The average molecular weight is 363 g/mol. The van der Waals surface area contributed by atoms with Crippen molar-refractivity contribution in [3.8, 4) is 0 Å². The second-order valence-electron chi connectivity index (χ2n) is 5.84. The Kier molecular flexibility index (Phi) is 6.33. The summed E-state index contributed by atoms with van der Waals surface area (Å²) in [5.41, 5.74) is 2.61.